The average molecular weight is 338 g/mol. The van der Waals surface area contributed by atoms with Gasteiger partial charge in [0.2, 0.25) is 5.88 Å². The van der Waals surface area contributed by atoms with Crippen molar-refractivity contribution in [3.05, 3.63) is 72.4 Å². The fourth-order valence-electron chi connectivity index (χ4n) is 2.05. The number of thioether (sulfide) groups is 1. The lowest BCUT2D eigenvalue weighted by molar-refractivity contribution is 0.344. The number of hydrogen-bond donors (Lipinski definition) is 0. The van der Waals surface area contributed by atoms with Crippen molar-refractivity contribution < 1.29 is 9.47 Å². The zero-order valence-electron chi connectivity index (χ0n) is 13.4. The highest BCUT2D eigenvalue weighted by Crippen LogP contribution is 2.23. The summed E-state index contributed by atoms with van der Waals surface area (Å²) in [6.07, 6.45) is 0. The molecule has 0 radical (unpaired) electrons. The van der Waals surface area contributed by atoms with Gasteiger partial charge in [-0.1, -0.05) is 48.2 Å². The van der Waals surface area contributed by atoms with Gasteiger partial charge < -0.3 is 9.47 Å². The lowest BCUT2D eigenvalue weighted by Crippen LogP contribution is -2.01. The van der Waals surface area contributed by atoms with Crippen molar-refractivity contribution in [3.8, 4) is 17.4 Å². The second-order valence-corrected chi connectivity index (χ2v) is 6.12. The summed E-state index contributed by atoms with van der Waals surface area (Å²) in [5, 5.41) is 0.692. The van der Waals surface area contributed by atoms with Crippen molar-refractivity contribution in [3.63, 3.8) is 0 Å². The quantitative estimate of drug-likeness (QED) is 0.353. The summed E-state index contributed by atoms with van der Waals surface area (Å²) in [6, 6.07) is 21.2. The first kappa shape index (κ1) is 16.3. The highest BCUT2D eigenvalue weighted by molar-refractivity contribution is 7.99. The molecule has 0 aliphatic heterocycles. The molecule has 4 nitrogen and oxygen atoms in total. The predicted octanol–water partition coefficient (Wildman–Crippen LogP) is 4.75. The van der Waals surface area contributed by atoms with Gasteiger partial charge in [0.25, 0.3) is 0 Å². The molecular formula is C19H18N2O2S. The van der Waals surface area contributed by atoms with E-state index < -0.39 is 0 Å². The van der Waals surface area contributed by atoms with E-state index in [9.17, 15) is 0 Å². The van der Waals surface area contributed by atoms with Crippen LogP contribution < -0.4 is 9.47 Å². The summed E-state index contributed by atoms with van der Waals surface area (Å²) >= 11 is 1.55. The molecule has 0 aliphatic rings. The smallest absolute Gasteiger partial charge is 0.223 e. The van der Waals surface area contributed by atoms with Crippen LogP contribution >= 0.6 is 11.8 Å². The highest BCUT2D eigenvalue weighted by atomic mass is 32.2. The molecule has 0 fully saturated rings. The summed E-state index contributed by atoms with van der Waals surface area (Å²) in [6.45, 7) is 2.53. The molecule has 3 aromatic rings. The highest BCUT2D eigenvalue weighted by Gasteiger charge is 2.05. The van der Waals surface area contributed by atoms with Crippen molar-refractivity contribution in [2.45, 2.75) is 12.1 Å². The molecule has 3 rings (SSSR count). The molecule has 5 heteroatoms. The minimum absolute atomic E-state index is 0.556. The lowest BCUT2D eigenvalue weighted by atomic mass is 10.3. The van der Waals surface area contributed by atoms with E-state index in [1.807, 2.05) is 73.7 Å². The van der Waals surface area contributed by atoms with Crippen LogP contribution in [0.2, 0.25) is 0 Å². The maximum atomic E-state index is 5.78. The number of aromatic nitrogens is 2. The first-order valence-corrected chi connectivity index (χ1v) is 8.67. The van der Waals surface area contributed by atoms with Gasteiger partial charge >= 0.3 is 0 Å². The molecule has 0 unspecified atom stereocenters. The number of para-hydroxylation sites is 2. The van der Waals surface area contributed by atoms with Gasteiger partial charge in [0, 0.05) is 17.5 Å². The summed E-state index contributed by atoms with van der Waals surface area (Å²) < 4.78 is 11.5. The number of hydrogen-bond acceptors (Lipinski definition) is 5. The van der Waals surface area contributed by atoms with E-state index in [4.69, 9.17) is 9.47 Å². The van der Waals surface area contributed by atoms with Crippen molar-refractivity contribution in [1.82, 2.24) is 9.97 Å². The summed E-state index contributed by atoms with van der Waals surface area (Å²) in [5.74, 6) is 2.96. The molecule has 122 valence electrons. The molecule has 0 aliphatic carbocycles. The van der Waals surface area contributed by atoms with Crippen molar-refractivity contribution >= 4 is 11.8 Å². The Morgan fingerprint density at radius 2 is 1.54 bits per heavy atom. The van der Waals surface area contributed by atoms with E-state index >= 15 is 0 Å². The Morgan fingerprint density at radius 3 is 2.25 bits per heavy atom. The molecule has 0 N–H and O–H groups in total. The third-order valence-corrected chi connectivity index (χ3v) is 3.91. The van der Waals surface area contributed by atoms with E-state index in [1.165, 1.54) is 0 Å². The van der Waals surface area contributed by atoms with Crippen LogP contribution in [0.5, 0.6) is 17.4 Å². The molecule has 0 spiro atoms. The number of nitrogens with zero attached hydrogens (tertiary/aromatic N) is 2. The SMILES string of the molecule is Cc1cc(Oc2ccccc2)nc(SCCOc2ccccc2)n1. The second-order valence-electron chi connectivity index (χ2n) is 5.06. The van der Waals surface area contributed by atoms with Crippen LogP contribution in [0.3, 0.4) is 0 Å². The number of ether oxygens (including phenoxy) is 2. The van der Waals surface area contributed by atoms with Crippen LogP contribution in [0, 0.1) is 6.92 Å². The first-order chi connectivity index (χ1) is 11.8. The molecule has 0 amide bonds. The number of aryl methyl sites for hydroxylation is 1. The van der Waals surface area contributed by atoms with Crippen LogP contribution in [-0.2, 0) is 0 Å². The largest absolute Gasteiger partial charge is 0.493 e. The van der Waals surface area contributed by atoms with Gasteiger partial charge in [-0.25, -0.2) is 4.98 Å². The van der Waals surface area contributed by atoms with Crippen LogP contribution in [-0.4, -0.2) is 22.3 Å². The fraction of sp³-hybridized carbons (Fsp3) is 0.158. The Labute approximate surface area is 145 Å². The Balaban J connectivity index is 1.55. The van der Waals surface area contributed by atoms with Crippen LogP contribution in [0.25, 0.3) is 0 Å². The number of rotatable bonds is 7. The van der Waals surface area contributed by atoms with Gasteiger partial charge in [-0.2, -0.15) is 4.98 Å². The van der Waals surface area contributed by atoms with Crippen LogP contribution in [0.4, 0.5) is 0 Å². The first-order valence-electron chi connectivity index (χ1n) is 7.69. The Kier molecular flexibility index (Phi) is 5.69. The molecule has 1 heterocycles. The molecule has 1 aromatic heterocycles. The van der Waals surface area contributed by atoms with E-state index in [-0.39, 0.29) is 0 Å². The summed E-state index contributed by atoms with van der Waals surface area (Å²) in [7, 11) is 0. The zero-order valence-corrected chi connectivity index (χ0v) is 14.2. The predicted molar refractivity (Wildman–Crippen MR) is 95.9 cm³/mol. The van der Waals surface area contributed by atoms with Gasteiger partial charge in [-0.15, -0.1) is 0 Å². The van der Waals surface area contributed by atoms with Crippen molar-refractivity contribution in [2.24, 2.45) is 0 Å². The molecular weight excluding hydrogens is 320 g/mol. The maximum Gasteiger partial charge on any atom is 0.223 e. The molecule has 0 bridgehead atoms. The average Bonchev–Trinajstić information content (AvgIpc) is 2.60. The second kappa shape index (κ2) is 8.36. The molecule has 0 saturated carbocycles. The van der Waals surface area contributed by atoms with Gasteiger partial charge in [0.05, 0.1) is 6.61 Å². The van der Waals surface area contributed by atoms with E-state index in [0.717, 1.165) is 22.9 Å². The van der Waals surface area contributed by atoms with Crippen molar-refractivity contribution in [1.29, 1.82) is 0 Å². The molecule has 2 aromatic carbocycles. The van der Waals surface area contributed by atoms with Crippen molar-refractivity contribution in [2.75, 3.05) is 12.4 Å². The number of benzene rings is 2. The van der Waals surface area contributed by atoms with Crippen LogP contribution in [0.15, 0.2) is 71.9 Å². The van der Waals surface area contributed by atoms with E-state index in [0.29, 0.717) is 17.6 Å². The van der Waals surface area contributed by atoms with E-state index in [1.54, 1.807) is 11.8 Å². The molecule has 0 saturated heterocycles. The fourth-order valence-corrected chi connectivity index (χ4v) is 2.76. The third-order valence-electron chi connectivity index (χ3n) is 3.10. The van der Waals surface area contributed by atoms with Gasteiger partial charge in [-0.05, 0) is 31.2 Å². The summed E-state index contributed by atoms with van der Waals surface area (Å²) in [5.41, 5.74) is 0.877. The Morgan fingerprint density at radius 1 is 0.875 bits per heavy atom. The lowest BCUT2D eigenvalue weighted by Gasteiger charge is -2.08. The molecule has 24 heavy (non-hydrogen) atoms. The minimum atomic E-state index is 0.556. The Hall–Kier alpha value is -2.53. The van der Waals surface area contributed by atoms with E-state index in [2.05, 4.69) is 9.97 Å². The normalized spacial score (nSPS) is 10.4. The topological polar surface area (TPSA) is 44.2 Å². The summed E-state index contributed by atoms with van der Waals surface area (Å²) in [4.78, 5) is 8.88. The van der Waals surface area contributed by atoms with Gasteiger partial charge in [0.15, 0.2) is 5.16 Å². The molecule has 0 atom stereocenters. The standard InChI is InChI=1S/C19H18N2O2S/c1-15-14-18(23-17-10-6-3-7-11-17)21-19(20-15)24-13-12-22-16-8-4-2-5-9-16/h2-11,14H,12-13H2,1H3. The van der Waals surface area contributed by atoms with Gasteiger partial charge in [0.1, 0.15) is 11.5 Å². The van der Waals surface area contributed by atoms with Crippen LogP contribution in [0.1, 0.15) is 5.69 Å². The maximum absolute atomic E-state index is 5.78. The zero-order chi connectivity index (χ0) is 16.6. The van der Waals surface area contributed by atoms with Gasteiger partial charge in [-0.3, -0.25) is 0 Å². The minimum Gasteiger partial charge on any atom is -0.493 e. The Bertz CT molecular complexity index is 767. The monoisotopic (exact) mass is 338 g/mol. The third kappa shape index (κ3) is 4.99.